The Balaban J connectivity index is 0.000000755. The van der Waals surface area contributed by atoms with Gasteiger partial charge < -0.3 is 23.7 Å². The number of fused-ring (bicyclic) bond motifs is 3. The topological polar surface area (TPSA) is 109 Å². The zero-order valence-electron chi connectivity index (χ0n) is 17.0. The fraction of sp³-hybridized carbons (Fsp3) is 0.550. The summed E-state index contributed by atoms with van der Waals surface area (Å²) in [5.74, 6) is 2.79. The summed E-state index contributed by atoms with van der Waals surface area (Å²) in [5, 5.41) is 10.8. The second kappa shape index (κ2) is 9.23. The summed E-state index contributed by atoms with van der Waals surface area (Å²) in [6, 6.07) is 3.81. The van der Waals surface area contributed by atoms with Crippen LogP contribution in [0.5, 0.6) is 0 Å². The van der Waals surface area contributed by atoms with Gasteiger partial charge in [0.05, 0.1) is 25.8 Å². The van der Waals surface area contributed by atoms with Crippen molar-refractivity contribution in [1.29, 1.82) is 0 Å². The monoisotopic (exact) mass is 405 g/mol. The third-order valence-corrected chi connectivity index (χ3v) is 5.25. The third kappa shape index (κ3) is 5.04. The summed E-state index contributed by atoms with van der Waals surface area (Å²) in [6.45, 7) is 9.90. The van der Waals surface area contributed by atoms with Gasteiger partial charge in [0.15, 0.2) is 5.69 Å². The van der Waals surface area contributed by atoms with Crippen molar-refractivity contribution in [2.75, 3.05) is 32.8 Å². The second-order valence-electron chi connectivity index (χ2n) is 7.59. The van der Waals surface area contributed by atoms with Crippen LogP contribution < -0.4 is 0 Å². The molecule has 2 bridgehead atoms. The molecular formula is C20H27N3O6. The largest absolute Gasteiger partial charge is 0.483 e. The van der Waals surface area contributed by atoms with E-state index in [4.69, 9.17) is 23.6 Å². The summed E-state index contributed by atoms with van der Waals surface area (Å²) in [7, 11) is 0. The molecule has 4 rings (SSSR count). The van der Waals surface area contributed by atoms with Crippen LogP contribution in [0, 0.1) is 26.7 Å². The SMILES string of the molecule is Cc1cc(C(=O)N2C[C@H]3COC[C@@H]2CN(Cc2cc(C)c(C)o2)C3)no1.O=CO. The number of carbonyl (C=O) groups excluding carboxylic acids is 1. The number of ether oxygens (including phenoxy) is 1. The molecule has 29 heavy (non-hydrogen) atoms. The first-order valence-electron chi connectivity index (χ1n) is 9.59. The van der Waals surface area contributed by atoms with Crippen molar-refractivity contribution in [3.63, 3.8) is 0 Å². The minimum Gasteiger partial charge on any atom is -0.483 e. The number of amides is 1. The number of carbonyl (C=O) groups is 2. The summed E-state index contributed by atoms with van der Waals surface area (Å²) < 4.78 is 16.7. The molecule has 2 fully saturated rings. The van der Waals surface area contributed by atoms with Crippen LogP contribution in [0.25, 0.3) is 0 Å². The van der Waals surface area contributed by atoms with Gasteiger partial charge >= 0.3 is 0 Å². The van der Waals surface area contributed by atoms with E-state index in [9.17, 15) is 4.79 Å². The van der Waals surface area contributed by atoms with Gasteiger partial charge in [0, 0.05) is 31.6 Å². The van der Waals surface area contributed by atoms with Gasteiger partial charge in [-0.05, 0) is 32.4 Å². The summed E-state index contributed by atoms with van der Waals surface area (Å²) in [4.78, 5) is 25.6. The predicted octanol–water partition coefficient (Wildman–Crippen LogP) is 1.87. The Morgan fingerprint density at radius 2 is 2.00 bits per heavy atom. The van der Waals surface area contributed by atoms with E-state index in [0.717, 1.165) is 31.2 Å². The Morgan fingerprint density at radius 1 is 1.24 bits per heavy atom. The lowest BCUT2D eigenvalue weighted by Gasteiger charge is -2.30. The van der Waals surface area contributed by atoms with Gasteiger partial charge in [-0.25, -0.2) is 0 Å². The minimum atomic E-state index is -0.250. The Bertz CT molecular complexity index is 826. The molecule has 2 aliphatic heterocycles. The van der Waals surface area contributed by atoms with Gasteiger partial charge in [-0.3, -0.25) is 14.5 Å². The maximum absolute atomic E-state index is 12.9. The number of carboxylic acid groups (broad SMARTS) is 1. The van der Waals surface area contributed by atoms with E-state index < -0.39 is 0 Å². The van der Waals surface area contributed by atoms with E-state index in [1.807, 2.05) is 11.8 Å². The van der Waals surface area contributed by atoms with Crippen molar-refractivity contribution >= 4 is 12.4 Å². The van der Waals surface area contributed by atoms with Crippen molar-refractivity contribution in [3.8, 4) is 0 Å². The van der Waals surface area contributed by atoms with Crippen LogP contribution in [-0.2, 0) is 16.1 Å². The molecule has 9 nitrogen and oxygen atoms in total. The number of hydrogen-bond donors (Lipinski definition) is 1. The third-order valence-electron chi connectivity index (χ3n) is 5.25. The summed E-state index contributed by atoms with van der Waals surface area (Å²) in [6.07, 6.45) is 0. The van der Waals surface area contributed by atoms with E-state index in [0.29, 0.717) is 31.2 Å². The summed E-state index contributed by atoms with van der Waals surface area (Å²) in [5.41, 5.74) is 1.55. The fourth-order valence-corrected chi connectivity index (χ4v) is 3.88. The molecule has 0 aromatic carbocycles. The first kappa shape index (κ1) is 21.1. The Morgan fingerprint density at radius 3 is 2.62 bits per heavy atom. The number of hydrogen-bond acceptors (Lipinski definition) is 7. The molecule has 2 saturated heterocycles. The van der Waals surface area contributed by atoms with Crippen molar-refractivity contribution in [3.05, 3.63) is 40.7 Å². The molecule has 0 aliphatic carbocycles. The molecule has 9 heteroatoms. The van der Waals surface area contributed by atoms with E-state index in [1.54, 1.807) is 13.0 Å². The lowest BCUT2D eigenvalue weighted by atomic mass is 10.1. The molecule has 0 spiro atoms. The van der Waals surface area contributed by atoms with Gasteiger partial charge in [0.1, 0.15) is 17.3 Å². The van der Waals surface area contributed by atoms with Crippen LogP contribution in [-0.4, -0.2) is 71.3 Å². The van der Waals surface area contributed by atoms with Crippen LogP contribution in [0.2, 0.25) is 0 Å². The van der Waals surface area contributed by atoms with Crippen LogP contribution in [0.1, 0.15) is 33.3 Å². The molecule has 2 aromatic rings. The van der Waals surface area contributed by atoms with Gasteiger partial charge in [-0.2, -0.15) is 0 Å². The Kier molecular flexibility index (Phi) is 6.71. The average molecular weight is 405 g/mol. The van der Waals surface area contributed by atoms with Gasteiger partial charge in [-0.1, -0.05) is 5.16 Å². The highest BCUT2D eigenvalue weighted by Crippen LogP contribution is 2.24. The number of aromatic nitrogens is 1. The van der Waals surface area contributed by atoms with Crippen LogP contribution >= 0.6 is 0 Å². The first-order chi connectivity index (χ1) is 13.9. The molecule has 4 heterocycles. The maximum atomic E-state index is 12.9. The number of nitrogens with zero attached hydrogens (tertiary/aromatic N) is 3. The second-order valence-corrected chi connectivity index (χ2v) is 7.59. The molecule has 2 atom stereocenters. The molecule has 1 N–H and O–H groups in total. The molecule has 1 amide bonds. The van der Waals surface area contributed by atoms with E-state index in [2.05, 4.69) is 23.0 Å². The van der Waals surface area contributed by atoms with Gasteiger partial charge in [0.2, 0.25) is 0 Å². The normalized spacial score (nSPS) is 21.8. The number of furan rings is 1. The molecular weight excluding hydrogens is 378 g/mol. The van der Waals surface area contributed by atoms with Crippen molar-refractivity contribution in [2.24, 2.45) is 5.92 Å². The van der Waals surface area contributed by atoms with E-state index in [-0.39, 0.29) is 24.3 Å². The lowest BCUT2D eigenvalue weighted by molar-refractivity contribution is -0.122. The molecule has 2 aromatic heterocycles. The van der Waals surface area contributed by atoms with Crippen LogP contribution in [0.15, 0.2) is 21.1 Å². The molecule has 0 saturated carbocycles. The molecule has 158 valence electrons. The molecule has 2 aliphatic rings. The first-order valence-corrected chi connectivity index (χ1v) is 9.59. The highest BCUT2D eigenvalue weighted by atomic mass is 16.5. The lowest BCUT2D eigenvalue weighted by Crippen LogP contribution is -2.46. The number of rotatable bonds is 3. The van der Waals surface area contributed by atoms with Crippen molar-refractivity contribution in [1.82, 2.24) is 15.0 Å². The van der Waals surface area contributed by atoms with Crippen LogP contribution in [0.4, 0.5) is 0 Å². The van der Waals surface area contributed by atoms with Gasteiger partial charge in [-0.15, -0.1) is 0 Å². The average Bonchev–Trinajstić information content (AvgIpc) is 3.08. The zero-order valence-corrected chi connectivity index (χ0v) is 17.0. The van der Waals surface area contributed by atoms with E-state index in [1.165, 1.54) is 5.56 Å². The van der Waals surface area contributed by atoms with Crippen molar-refractivity contribution in [2.45, 2.75) is 33.4 Å². The Hall–Kier alpha value is -2.65. The fourth-order valence-electron chi connectivity index (χ4n) is 3.88. The van der Waals surface area contributed by atoms with E-state index >= 15 is 0 Å². The smallest absolute Gasteiger partial charge is 0.290 e. The maximum Gasteiger partial charge on any atom is 0.290 e. The van der Waals surface area contributed by atoms with Gasteiger partial charge in [0.25, 0.3) is 12.4 Å². The molecule has 0 radical (unpaired) electrons. The highest BCUT2D eigenvalue weighted by Gasteiger charge is 2.37. The zero-order chi connectivity index (χ0) is 21.0. The highest BCUT2D eigenvalue weighted by molar-refractivity contribution is 5.92. The molecule has 0 unspecified atom stereocenters. The predicted molar refractivity (Wildman–Crippen MR) is 103 cm³/mol. The van der Waals surface area contributed by atoms with Crippen LogP contribution in [0.3, 0.4) is 0 Å². The minimum absolute atomic E-state index is 0.00385. The summed E-state index contributed by atoms with van der Waals surface area (Å²) >= 11 is 0. The standard InChI is InChI=1S/C19H25N3O4.CH2O2/c1-12-4-17(25-14(12)3)9-21-6-15-7-22(16(8-21)11-24-10-15)19(23)18-5-13(2)26-20-18;2-1-3/h4-5,15-16H,6-11H2,1-3H3;1H,(H,2,3)/t15-,16-;/m0./s1. The quantitative estimate of drug-likeness (QED) is 0.771. The Labute approximate surface area is 169 Å². The number of aryl methyl sites for hydroxylation is 3. The van der Waals surface area contributed by atoms with Crippen molar-refractivity contribution < 1.29 is 28.4 Å².